The van der Waals surface area contributed by atoms with Crippen molar-refractivity contribution in [3.05, 3.63) is 71.3 Å². The van der Waals surface area contributed by atoms with Gasteiger partial charge in [0.15, 0.2) is 0 Å². The lowest BCUT2D eigenvalue weighted by molar-refractivity contribution is 0.414. The number of allylic oxidation sites excluding steroid dienone is 1. The number of benzene rings is 2. The van der Waals surface area contributed by atoms with Gasteiger partial charge in [0.2, 0.25) is 0 Å². The monoisotopic (exact) mass is 492 g/mol. The molecule has 0 radical (unpaired) electrons. The molecule has 0 saturated heterocycles. The Morgan fingerprint density at radius 1 is 0.686 bits per heavy atom. The Bertz CT molecular complexity index is 836. The molecule has 0 aliphatic carbocycles. The molecular formula is C33H48OS. The summed E-state index contributed by atoms with van der Waals surface area (Å²) in [5.74, 6) is 0.866. The van der Waals surface area contributed by atoms with E-state index in [0.29, 0.717) is 0 Å². The van der Waals surface area contributed by atoms with Crippen molar-refractivity contribution in [3.63, 3.8) is 0 Å². The van der Waals surface area contributed by atoms with E-state index in [9.17, 15) is 0 Å². The molecule has 1 nitrogen and oxygen atoms in total. The number of hydrogen-bond donors (Lipinski definition) is 0. The van der Waals surface area contributed by atoms with Gasteiger partial charge >= 0.3 is 0 Å². The summed E-state index contributed by atoms with van der Waals surface area (Å²) in [6.07, 6.45) is 26.4. The van der Waals surface area contributed by atoms with Crippen LogP contribution in [-0.2, 0) is 6.42 Å². The van der Waals surface area contributed by atoms with Crippen LogP contribution in [0.25, 0.3) is 6.08 Å². The van der Waals surface area contributed by atoms with Crippen molar-refractivity contribution in [2.24, 2.45) is 0 Å². The number of thiocarbonyl (C=S) groups is 1. The molecule has 35 heavy (non-hydrogen) atoms. The van der Waals surface area contributed by atoms with Crippen LogP contribution in [0.2, 0.25) is 0 Å². The molecular weight excluding hydrogens is 444 g/mol. The van der Waals surface area contributed by atoms with E-state index in [-0.39, 0.29) is 0 Å². The predicted octanol–water partition coefficient (Wildman–Crippen LogP) is 10.5. The van der Waals surface area contributed by atoms with Gasteiger partial charge in [-0.25, -0.2) is 0 Å². The molecule has 0 aliphatic heterocycles. The highest BCUT2D eigenvalue weighted by Crippen LogP contribution is 2.20. The Kier molecular flexibility index (Phi) is 16.1. The van der Waals surface area contributed by atoms with E-state index in [1.165, 1.54) is 108 Å². The molecule has 0 fully saturated rings. The highest BCUT2D eigenvalue weighted by Gasteiger charge is 2.01. The van der Waals surface area contributed by atoms with E-state index < -0.39 is 0 Å². The van der Waals surface area contributed by atoms with Gasteiger partial charge in [-0.2, -0.15) is 0 Å². The van der Waals surface area contributed by atoms with E-state index in [1.807, 2.05) is 36.4 Å². The third-order valence-corrected chi connectivity index (χ3v) is 7.23. The average Bonchev–Trinajstić information content (AvgIpc) is 2.90. The minimum atomic E-state index is 0.856. The third-order valence-electron chi connectivity index (χ3n) is 6.86. The van der Waals surface area contributed by atoms with Crippen LogP contribution in [0.5, 0.6) is 5.75 Å². The Balaban J connectivity index is 1.51. The van der Waals surface area contributed by atoms with Crippen LogP contribution in [-0.4, -0.2) is 12.0 Å². The van der Waals surface area contributed by atoms with Crippen molar-refractivity contribution >= 4 is 23.2 Å². The predicted molar refractivity (Wildman–Crippen MR) is 159 cm³/mol. The Hall–Kier alpha value is -1.93. The first-order valence-electron chi connectivity index (χ1n) is 14.2. The third kappa shape index (κ3) is 13.1. The van der Waals surface area contributed by atoms with Gasteiger partial charge in [0, 0.05) is 10.4 Å². The van der Waals surface area contributed by atoms with Gasteiger partial charge in [0.25, 0.3) is 0 Å². The molecule has 0 aliphatic rings. The number of unbranched alkanes of at least 4 members (excludes halogenated alkanes) is 14. The Labute approximate surface area is 221 Å². The van der Waals surface area contributed by atoms with E-state index in [0.717, 1.165) is 21.7 Å². The van der Waals surface area contributed by atoms with Crippen LogP contribution < -0.4 is 4.74 Å². The first-order valence-corrected chi connectivity index (χ1v) is 14.6. The minimum absolute atomic E-state index is 0.856. The highest BCUT2D eigenvalue weighted by molar-refractivity contribution is 7.81. The number of methoxy groups -OCH3 is 1. The van der Waals surface area contributed by atoms with E-state index in [4.69, 9.17) is 17.0 Å². The molecule has 0 unspecified atom stereocenters. The van der Waals surface area contributed by atoms with Crippen molar-refractivity contribution in [2.75, 3.05) is 7.11 Å². The lowest BCUT2D eigenvalue weighted by Gasteiger charge is -2.06. The zero-order chi connectivity index (χ0) is 25.0. The van der Waals surface area contributed by atoms with E-state index in [2.05, 4.69) is 31.2 Å². The van der Waals surface area contributed by atoms with Crippen molar-refractivity contribution < 1.29 is 4.74 Å². The molecule has 0 aromatic heterocycles. The van der Waals surface area contributed by atoms with Gasteiger partial charge in [0.05, 0.1) is 7.11 Å². The summed E-state index contributed by atoms with van der Waals surface area (Å²) in [5.41, 5.74) is 3.56. The van der Waals surface area contributed by atoms with Crippen molar-refractivity contribution in [1.29, 1.82) is 0 Å². The summed E-state index contributed by atoms with van der Waals surface area (Å²) in [4.78, 5) is 0.856. The average molecular weight is 493 g/mol. The standard InChI is InChI=1S/C33H48OS/c1-3-4-5-6-7-8-9-10-11-12-13-14-15-16-17-20-29-23-25-31(26-24-29)33(35)28-27-30-21-18-19-22-32(30)34-2/h18-19,21-28H,3-17,20H2,1-2H3. The summed E-state index contributed by atoms with van der Waals surface area (Å²) in [6.45, 7) is 2.29. The first-order chi connectivity index (χ1) is 17.2. The lowest BCUT2D eigenvalue weighted by Crippen LogP contribution is -1.94. The summed E-state index contributed by atoms with van der Waals surface area (Å²) >= 11 is 5.62. The molecule has 2 aromatic carbocycles. The summed E-state index contributed by atoms with van der Waals surface area (Å²) in [6, 6.07) is 16.8. The second-order valence-electron chi connectivity index (χ2n) is 9.84. The largest absolute Gasteiger partial charge is 0.496 e. The van der Waals surface area contributed by atoms with Crippen LogP contribution in [0.3, 0.4) is 0 Å². The summed E-state index contributed by atoms with van der Waals surface area (Å²) < 4.78 is 5.41. The second kappa shape index (κ2) is 19.3. The van der Waals surface area contributed by atoms with Gasteiger partial charge in [-0.05, 0) is 42.2 Å². The molecule has 0 bridgehead atoms. The number of ether oxygens (including phenoxy) is 1. The van der Waals surface area contributed by atoms with Crippen LogP contribution in [0.15, 0.2) is 54.6 Å². The molecule has 0 amide bonds. The SMILES string of the molecule is CCCCCCCCCCCCCCCCCc1ccc(C(=S)C=Cc2ccccc2OC)cc1. The fourth-order valence-electron chi connectivity index (χ4n) is 4.60. The quantitative estimate of drug-likeness (QED) is 0.0786. The smallest absolute Gasteiger partial charge is 0.126 e. The first kappa shape index (κ1) is 29.3. The van der Waals surface area contributed by atoms with Crippen molar-refractivity contribution in [1.82, 2.24) is 0 Å². The topological polar surface area (TPSA) is 9.23 Å². The van der Waals surface area contributed by atoms with E-state index in [1.54, 1.807) is 7.11 Å². The maximum Gasteiger partial charge on any atom is 0.126 e. The molecule has 0 saturated carbocycles. The number of rotatable bonds is 20. The van der Waals surface area contributed by atoms with Gasteiger partial charge in [-0.1, -0.05) is 151 Å². The van der Waals surface area contributed by atoms with Gasteiger partial charge in [0.1, 0.15) is 5.75 Å². The van der Waals surface area contributed by atoms with Crippen LogP contribution in [0.4, 0.5) is 0 Å². The molecule has 0 heterocycles. The van der Waals surface area contributed by atoms with Crippen molar-refractivity contribution in [3.8, 4) is 5.75 Å². The number of para-hydroxylation sites is 1. The molecule has 0 N–H and O–H groups in total. The second-order valence-corrected chi connectivity index (χ2v) is 10.3. The van der Waals surface area contributed by atoms with Crippen LogP contribution in [0.1, 0.15) is 120 Å². The number of hydrogen-bond acceptors (Lipinski definition) is 2. The lowest BCUT2D eigenvalue weighted by atomic mass is 10.0. The zero-order valence-corrected chi connectivity index (χ0v) is 23.2. The fraction of sp³-hybridized carbons (Fsp3) is 0.545. The molecule has 0 atom stereocenters. The molecule has 2 aromatic rings. The van der Waals surface area contributed by atoms with Gasteiger partial charge in [-0.3, -0.25) is 0 Å². The maximum absolute atomic E-state index is 5.62. The number of aryl methyl sites for hydroxylation is 1. The Morgan fingerprint density at radius 2 is 1.20 bits per heavy atom. The molecule has 192 valence electrons. The Morgan fingerprint density at radius 3 is 1.74 bits per heavy atom. The molecule has 2 rings (SSSR count). The zero-order valence-electron chi connectivity index (χ0n) is 22.4. The van der Waals surface area contributed by atoms with Gasteiger partial charge in [-0.15, -0.1) is 0 Å². The maximum atomic E-state index is 5.62. The van der Waals surface area contributed by atoms with E-state index >= 15 is 0 Å². The minimum Gasteiger partial charge on any atom is -0.496 e. The van der Waals surface area contributed by atoms with Crippen molar-refractivity contribution in [2.45, 2.75) is 110 Å². The van der Waals surface area contributed by atoms with Crippen LogP contribution in [0, 0.1) is 0 Å². The highest BCUT2D eigenvalue weighted by atomic mass is 32.1. The normalized spacial score (nSPS) is 11.3. The summed E-state index contributed by atoms with van der Waals surface area (Å²) in [5, 5.41) is 0. The fourth-order valence-corrected chi connectivity index (χ4v) is 4.81. The molecule has 0 spiro atoms. The van der Waals surface area contributed by atoms with Gasteiger partial charge < -0.3 is 4.74 Å². The summed E-state index contributed by atoms with van der Waals surface area (Å²) in [7, 11) is 1.70. The molecule has 2 heteroatoms. The van der Waals surface area contributed by atoms with Crippen LogP contribution >= 0.6 is 12.2 Å².